The first kappa shape index (κ1) is 23.9. The third-order valence-corrected chi connectivity index (χ3v) is 6.16. The minimum Gasteiger partial charge on any atom is -0.378 e. The molecule has 1 heterocycles. The highest BCUT2D eigenvalue weighted by Gasteiger charge is 2.58. The number of halogens is 1. The van der Waals surface area contributed by atoms with Gasteiger partial charge in [0.2, 0.25) is 0 Å². The lowest BCUT2D eigenvalue weighted by molar-refractivity contribution is -0.176. The summed E-state index contributed by atoms with van der Waals surface area (Å²) in [7, 11) is 3.62. The SMILES string of the molecule is CN=C(NCC1CN(CC(C)C)CCO1)NC1CC(C)(OC)C1(C)C.I. The van der Waals surface area contributed by atoms with E-state index in [1.165, 1.54) is 0 Å². The third kappa shape index (κ3) is 5.45. The van der Waals surface area contributed by atoms with Gasteiger partial charge in [0.25, 0.3) is 0 Å². The van der Waals surface area contributed by atoms with Gasteiger partial charge in [-0.15, -0.1) is 24.0 Å². The van der Waals surface area contributed by atoms with Crippen molar-refractivity contribution in [2.75, 3.05) is 46.9 Å². The van der Waals surface area contributed by atoms with Crippen molar-refractivity contribution in [3.8, 4) is 0 Å². The van der Waals surface area contributed by atoms with Crippen LogP contribution in [0.3, 0.4) is 0 Å². The quantitative estimate of drug-likeness (QED) is 0.346. The van der Waals surface area contributed by atoms with E-state index in [1.807, 2.05) is 7.05 Å². The molecular formula is C19H39IN4O2. The second-order valence-electron chi connectivity index (χ2n) is 8.66. The van der Waals surface area contributed by atoms with Crippen molar-refractivity contribution in [1.82, 2.24) is 15.5 Å². The molecule has 26 heavy (non-hydrogen) atoms. The number of guanidine groups is 1. The Kier molecular flexibility index (Phi) is 9.10. The largest absolute Gasteiger partial charge is 0.378 e. The summed E-state index contributed by atoms with van der Waals surface area (Å²) in [6.07, 6.45) is 1.20. The standard InChI is InChI=1S/C19H38N4O2.HI/c1-14(2)12-23-8-9-25-15(13-23)11-21-17(20-6)22-16-10-19(5,24-7)18(16,3)4;/h14-16H,8-13H2,1-7H3,(H2,20,21,22);1H. The molecule has 2 fully saturated rings. The van der Waals surface area contributed by atoms with E-state index < -0.39 is 0 Å². The summed E-state index contributed by atoms with van der Waals surface area (Å²) < 4.78 is 11.6. The normalized spacial score (nSPS) is 31.9. The lowest BCUT2D eigenvalue weighted by Crippen LogP contribution is -2.69. The van der Waals surface area contributed by atoms with Crippen molar-refractivity contribution in [3.05, 3.63) is 0 Å². The fourth-order valence-corrected chi connectivity index (χ4v) is 3.88. The van der Waals surface area contributed by atoms with Crippen molar-refractivity contribution in [2.24, 2.45) is 16.3 Å². The number of methoxy groups -OCH3 is 1. The number of ether oxygens (including phenoxy) is 2. The van der Waals surface area contributed by atoms with Gasteiger partial charge in [0.05, 0.1) is 18.3 Å². The van der Waals surface area contributed by atoms with Gasteiger partial charge in [0.1, 0.15) is 0 Å². The third-order valence-electron chi connectivity index (χ3n) is 6.16. The van der Waals surface area contributed by atoms with Crippen LogP contribution in [0.1, 0.15) is 41.0 Å². The lowest BCUT2D eigenvalue weighted by atomic mass is 9.56. The van der Waals surface area contributed by atoms with Gasteiger partial charge in [-0.2, -0.15) is 0 Å². The molecule has 0 spiro atoms. The van der Waals surface area contributed by atoms with E-state index in [2.05, 4.69) is 55.1 Å². The first-order chi connectivity index (χ1) is 11.7. The molecule has 2 aliphatic rings. The van der Waals surface area contributed by atoms with E-state index in [9.17, 15) is 0 Å². The monoisotopic (exact) mass is 482 g/mol. The number of rotatable bonds is 6. The average molecular weight is 482 g/mol. The molecular weight excluding hydrogens is 443 g/mol. The second-order valence-corrected chi connectivity index (χ2v) is 8.66. The number of aliphatic imine (C=N–C) groups is 1. The molecule has 6 nitrogen and oxygen atoms in total. The molecule has 3 unspecified atom stereocenters. The Morgan fingerprint density at radius 3 is 2.58 bits per heavy atom. The van der Waals surface area contributed by atoms with Crippen LogP contribution in [-0.2, 0) is 9.47 Å². The minimum atomic E-state index is -0.0760. The molecule has 3 atom stereocenters. The molecule has 1 aliphatic heterocycles. The highest BCUT2D eigenvalue weighted by atomic mass is 127. The number of nitrogens with one attached hydrogen (secondary N) is 2. The molecule has 0 amide bonds. The molecule has 7 heteroatoms. The van der Waals surface area contributed by atoms with Gasteiger partial charge in [-0.1, -0.05) is 27.7 Å². The number of hydrogen-bond donors (Lipinski definition) is 2. The maximum absolute atomic E-state index is 5.91. The molecule has 0 aromatic heterocycles. The Morgan fingerprint density at radius 2 is 2.04 bits per heavy atom. The molecule has 1 saturated carbocycles. The smallest absolute Gasteiger partial charge is 0.191 e. The fourth-order valence-electron chi connectivity index (χ4n) is 3.88. The first-order valence-electron chi connectivity index (χ1n) is 9.58. The first-order valence-corrected chi connectivity index (χ1v) is 9.58. The summed E-state index contributed by atoms with van der Waals surface area (Å²) in [4.78, 5) is 6.88. The van der Waals surface area contributed by atoms with Gasteiger partial charge < -0.3 is 20.1 Å². The molecule has 2 rings (SSSR count). The van der Waals surface area contributed by atoms with Gasteiger partial charge in [-0.25, -0.2) is 0 Å². The van der Waals surface area contributed by atoms with Crippen LogP contribution in [0.25, 0.3) is 0 Å². The van der Waals surface area contributed by atoms with Gasteiger partial charge >= 0.3 is 0 Å². The molecule has 1 saturated heterocycles. The van der Waals surface area contributed by atoms with Crippen molar-refractivity contribution in [1.29, 1.82) is 0 Å². The van der Waals surface area contributed by atoms with Crippen molar-refractivity contribution >= 4 is 29.9 Å². The van der Waals surface area contributed by atoms with Crippen LogP contribution in [0.2, 0.25) is 0 Å². The second kappa shape index (κ2) is 9.89. The Bertz CT molecular complexity index is 472. The van der Waals surface area contributed by atoms with Gasteiger partial charge in [0.15, 0.2) is 5.96 Å². The van der Waals surface area contributed by atoms with Crippen LogP contribution in [0.5, 0.6) is 0 Å². The van der Waals surface area contributed by atoms with Gasteiger partial charge in [-0.05, 0) is 19.3 Å². The summed E-state index contributed by atoms with van der Waals surface area (Å²) in [5, 5.41) is 7.00. The Morgan fingerprint density at radius 1 is 1.35 bits per heavy atom. The van der Waals surface area contributed by atoms with Crippen LogP contribution in [0.4, 0.5) is 0 Å². The molecule has 0 aromatic rings. The van der Waals surface area contributed by atoms with Crippen molar-refractivity contribution < 1.29 is 9.47 Å². The Hall–Kier alpha value is -0.120. The zero-order chi connectivity index (χ0) is 18.7. The molecule has 154 valence electrons. The highest BCUT2D eigenvalue weighted by Crippen LogP contribution is 2.51. The summed E-state index contributed by atoms with van der Waals surface area (Å²) in [6.45, 7) is 16.0. The summed E-state index contributed by atoms with van der Waals surface area (Å²) in [5.74, 6) is 1.54. The highest BCUT2D eigenvalue weighted by molar-refractivity contribution is 14.0. The minimum absolute atomic E-state index is 0. The maximum atomic E-state index is 5.91. The van der Waals surface area contributed by atoms with E-state index >= 15 is 0 Å². The predicted octanol–water partition coefficient (Wildman–Crippen LogP) is 2.33. The van der Waals surface area contributed by atoms with Gasteiger partial charge in [0, 0.05) is 51.8 Å². The Balaban J connectivity index is 0.00000338. The number of morpholine rings is 1. The van der Waals surface area contributed by atoms with Crippen LogP contribution in [-0.4, -0.2) is 75.5 Å². The summed E-state index contributed by atoms with van der Waals surface area (Å²) in [5.41, 5.74) is -0.0118. The average Bonchev–Trinajstić information content (AvgIpc) is 2.57. The van der Waals surface area contributed by atoms with E-state index in [1.54, 1.807) is 7.11 Å². The van der Waals surface area contributed by atoms with E-state index in [0.29, 0.717) is 12.0 Å². The lowest BCUT2D eigenvalue weighted by Gasteiger charge is -2.59. The zero-order valence-corrected chi connectivity index (χ0v) is 19.9. The molecule has 0 radical (unpaired) electrons. The van der Waals surface area contributed by atoms with Crippen LogP contribution < -0.4 is 10.6 Å². The summed E-state index contributed by atoms with van der Waals surface area (Å²) in [6, 6.07) is 0.355. The van der Waals surface area contributed by atoms with E-state index in [-0.39, 0.29) is 41.1 Å². The Labute approximate surface area is 176 Å². The van der Waals surface area contributed by atoms with Crippen LogP contribution >= 0.6 is 24.0 Å². The number of nitrogens with zero attached hydrogens (tertiary/aromatic N) is 2. The van der Waals surface area contributed by atoms with Gasteiger partial charge in [-0.3, -0.25) is 9.89 Å². The predicted molar refractivity (Wildman–Crippen MR) is 119 cm³/mol. The number of hydrogen-bond acceptors (Lipinski definition) is 4. The van der Waals surface area contributed by atoms with Crippen molar-refractivity contribution in [3.63, 3.8) is 0 Å². The molecule has 0 aromatic carbocycles. The molecule has 2 N–H and O–H groups in total. The van der Waals surface area contributed by atoms with Crippen LogP contribution in [0, 0.1) is 11.3 Å². The zero-order valence-electron chi connectivity index (χ0n) is 17.6. The molecule has 1 aliphatic carbocycles. The van der Waals surface area contributed by atoms with Crippen molar-refractivity contribution in [2.45, 2.75) is 58.8 Å². The van der Waals surface area contributed by atoms with E-state index in [0.717, 1.165) is 45.2 Å². The molecule has 0 bridgehead atoms. The fraction of sp³-hybridized carbons (Fsp3) is 0.947. The van der Waals surface area contributed by atoms with Crippen LogP contribution in [0.15, 0.2) is 4.99 Å². The maximum Gasteiger partial charge on any atom is 0.191 e. The van der Waals surface area contributed by atoms with E-state index in [4.69, 9.17) is 9.47 Å². The summed E-state index contributed by atoms with van der Waals surface area (Å²) >= 11 is 0. The topological polar surface area (TPSA) is 58.1 Å².